The largest absolute Gasteiger partial charge is 0.372 e. The van der Waals surface area contributed by atoms with Crippen LogP contribution >= 0.6 is 0 Å². The predicted molar refractivity (Wildman–Crippen MR) is 89.5 cm³/mol. The third kappa shape index (κ3) is 4.31. The first kappa shape index (κ1) is 15.5. The molecule has 1 amide bonds. The smallest absolute Gasteiger partial charge is 0.251 e. The van der Waals surface area contributed by atoms with Crippen molar-refractivity contribution in [1.82, 2.24) is 20.3 Å². The van der Waals surface area contributed by atoms with Gasteiger partial charge in [0.2, 0.25) is 0 Å². The van der Waals surface area contributed by atoms with Crippen LogP contribution in [-0.4, -0.2) is 40.5 Å². The number of benzene rings is 1. The molecular formula is C17H23N5O. The Bertz CT molecular complexity index is 602. The first-order valence-corrected chi connectivity index (χ1v) is 8.30. The van der Waals surface area contributed by atoms with Crippen LogP contribution < -0.4 is 10.2 Å². The standard InChI is InChI=1S/C17H23N5O/c23-17(18-9-4-13-22-14-10-19-20-22)15-5-7-16(8-6-15)21-11-2-1-3-12-21/h5-8,10,14H,1-4,9,11-13H2,(H,18,23). The monoisotopic (exact) mass is 313 g/mol. The Balaban J connectivity index is 1.45. The minimum absolute atomic E-state index is 0.0196. The Morgan fingerprint density at radius 1 is 1.13 bits per heavy atom. The fourth-order valence-electron chi connectivity index (χ4n) is 2.87. The number of carbonyl (C=O) groups excluding carboxylic acids is 1. The van der Waals surface area contributed by atoms with E-state index in [-0.39, 0.29) is 5.91 Å². The Kier molecular flexibility index (Phi) is 5.24. The third-order valence-electron chi connectivity index (χ3n) is 4.17. The Morgan fingerprint density at radius 3 is 2.61 bits per heavy atom. The van der Waals surface area contributed by atoms with Gasteiger partial charge < -0.3 is 10.2 Å². The normalized spacial score (nSPS) is 14.7. The molecule has 1 aliphatic rings. The zero-order valence-electron chi connectivity index (χ0n) is 13.3. The highest BCUT2D eigenvalue weighted by Crippen LogP contribution is 2.20. The van der Waals surface area contributed by atoms with Gasteiger partial charge in [-0.1, -0.05) is 5.21 Å². The van der Waals surface area contributed by atoms with Crippen LogP contribution in [0.15, 0.2) is 36.7 Å². The molecule has 23 heavy (non-hydrogen) atoms. The summed E-state index contributed by atoms with van der Waals surface area (Å²) in [4.78, 5) is 14.5. The van der Waals surface area contributed by atoms with E-state index in [1.807, 2.05) is 18.3 Å². The summed E-state index contributed by atoms with van der Waals surface area (Å²) in [7, 11) is 0. The first-order chi connectivity index (χ1) is 11.3. The van der Waals surface area contributed by atoms with Crippen molar-refractivity contribution in [2.45, 2.75) is 32.2 Å². The van der Waals surface area contributed by atoms with E-state index in [1.54, 1.807) is 10.9 Å². The molecule has 1 saturated heterocycles. The third-order valence-corrected chi connectivity index (χ3v) is 4.17. The lowest BCUT2D eigenvalue weighted by Gasteiger charge is -2.28. The lowest BCUT2D eigenvalue weighted by Crippen LogP contribution is -2.29. The van der Waals surface area contributed by atoms with Gasteiger partial charge in [-0.3, -0.25) is 9.48 Å². The molecule has 3 rings (SSSR count). The maximum absolute atomic E-state index is 12.1. The van der Waals surface area contributed by atoms with Gasteiger partial charge >= 0.3 is 0 Å². The molecule has 6 nitrogen and oxygen atoms in total. The second kappa shape index (κ2) is 7.76. The summed E-state index contributed by atoms with van der Waals surface area (Å²) in [5.41, 5.74) is 1.93. The second-order valence-corrected chi connectivity index (χ2v) is 5.87. The molecule has 2 aromatic rings. The van der Waals surface area contributed by atoms with Crippen molar-refractivity contribution >= 4 is 11.6 Å². The molecule has 2 heterocycles. The van der Waals surface area contributed by atoms with Crippen molar-refractivity contribution in [3.63, 3.8) is 0 Å². The van der Waals surface area contributed by atoms with Crippen LogP contribution in [0.25, 0.3) is 0 Å². The van der Waals surface area contributed by atoms with Gasteiger partial charge in [0, 0.05) is 43.6 Å². The average molecular weight is 313 g/mol. The number of aryl methyl sites for hydroxylation is 1. The number of anilines is 1. The highest BCUT2D eigenvalue weighted by atomic mass is 16.1. The molecule has 0 radical (unpaired) electrons. The molecule has 1 N–H and O–H groups in total. The summed E-state index contributed by atoms with van der Waals surface area (Å²) in [6, 6.07) is 7.93. The number of piperidine rings is 1. The van der Waals surface area contributed by atoms with Crippen molar-refractivity contribution in [3.05, 3.63) is 42.2 Å². The summed E-state index contributed by atoms with van der Waals surface area (Å²) < 4.78 is 1.76. The van der Waals surface area contributed by atoms with E-state index < -0.39 is 0 Å². The Hall–Kier alpha value is -2.37. The summed E-state index contributed by atoms with van der Waals surface area (Å²) >= 11 is 0. The van der Waals surface area contributed by atoms with Gasteiger partial charge in [-0.2, -0.15) is 0 Å². The predicted octanol–water partition coefficient (Wildman–Crippen LogP) is 2.09. The molecule has 0 atom stereocenters. The summed E-state index contributed by atoms with van der Waals surface area (Å²) in [6.45, 7) is 3.63. The number of aromatic nitrogens is 3. The van der Waals surface area contributed by atoms with E-state index in [2.05, 4.69) is 32.7 Å². The number of nitrogens with zero attached hydrogens (tertiary/aromatic N) is 4. The number of amides is 1. The molecule has 1 aliphatic heterocycles. The van der Waals surface area contributed by atoms with E-state index in [4.69, 9.17) is 0 Å². The second-order valence-electron chi connectivity index (χ2n) is 5.87. The van der Waals surface area contributed by atoms with E-state index in [1.165, 1.54) is 24.9 Å². The average Bonchev–Trinajstić information content (AvgIpc) is 3.13. The van der Waals surface area contributed by atoms with E-state index in [0.717, 1.165) is 26.1 Å². The number of hydrogen-bond donors (Lipinski definition) is 1. The molecule has 0 bridgehead atoms. The lowest BCUT2D eigenvalue weighted by atomic mass is 10.1. The molecule has 0 saturated carbocycles. The van der Waals surface area contributed by atoms with E-state index in [0.29, 0.717) is 12.1 Å². The van der Waals surface area contributed by atoms with Crippen molar-refractivity contribution in [3.8, 4) is 0 Å². The molecule has 0 unspecified atom stereocenters. The van der Waals surface area contributed by atoms with Crippen molar-refractivity contribution in [2.75, 3.05) is 24.5 Å². The SMILES string of the molecule is O=C(NCCCn1ccnn1)c1ccc(N2CCCCC2)cc1. The molecule has 6 heteroatoms. The summed E-state index contributed by atoms with van der Waals surface area (Å²) in [5.74, 6) is -0.0196. The van der Waals surface area contributed by atoms with Gasteiger partial charge in [0.05, 0.1) is 6.20 Å². The molecule has 122 valence electrons. The maximum atomic E-state index is 12.1. The molecule has 0 spiro atoms. The van der Waals surface area contributed by atoms with E-state index in [9.17, 15) is 4.79 Å². The molecule has 1 aromatic heterocycles. The van der Waals surface area contributed by atoms with Gasteiger partial charge in [-0.05, 0) is 49.9 Å². The highest BCUT2D eigenvalue weighted by Gasteiger charge is 2.11. The quantitative estimate of drug-likeness (QED) is 0.830. The maximum Gasteiger partial charge on any atom is 0.251 e. The van der Waals surface area contributed by atoms with Crippen LogP contribution in [0.4, 0.5) is 5.69 Å². The van der Waals surface area contributed by atoms with Crippen molar-refractivity contribution in [1.29, 1.82) is 0 Å². The number of carbonyl (C=O) groups is 1. The van der Waals surface area contributed by atoms with Gasteiger partial charge in [-0.15, -0.1) is 5.10 Å². The van der Waals surface area contributed by atoms with Gasteiger partial charge in [-0.25, -0.2) is 0 Å². The Labute approximate surface area is 136 Å². The number of nitrogens with one attached hydrogen (secondary N) is 1. The minimum atomic E-state index is -0.0196. The molecule has 0 aliphatic carbocycles. The lowest BCUT2D eigenvalue weighted by molar-refractivity contribution is 0.0952. The first-order valence-electron chi connectivity index (χ1n) is 8.30. The summed E-state index contributed by atoms with van der Waals surface area (Å²) in [5, 5.41) is 10.6. The van der Waals surface area contributed by atoms with Gasteiger partial charge in [0.15, 0.2) is 0 Å². The zero-order chi connectivity index (χ0) is 15.9. The topological polar surface area (TPSA) is 63.1 Å². The summed E-state index contributed by atoms with van der Waals surface area (Å²) in [6.07, 6.45) is 8.15. The molecule has 1 aromatic carbocycles. The van der Waals surface area contributed by atoms with E-state index >= 15 is 0 Å². The minimum Gasteiger partial charge on any atom is -0.372 e. The van der Waals surface area contributed by atoms with Crippen LogP contribution in [0.5, 0.6) is 0 Å². The van der Waals surface area contributed by atoms with Crippen LogP contribution in [0.2, 0.25) is 0 Å². The number of hydrogen-bond acceptors (Lipinski definition) is 4. The highest BCUT2D eigenvalue weighted by molar-refractivity contribution is 5.94. The molecule has 1 fully saturated rings. The van der Waals surface area contributed by atoms with Crippen LogP contribution in [-0.2, 0) is 6.54 Å². The van der Waals surface area contributed by atoms with Gasteiger partial charge in [0.1, 0.15) is 0 Å². The number of rotatable bonds is 6. The fourth-order valence-corrected chi connectivity index (χ4v) is 2.87. The Morgan fingerprint density at radius 2 is 1.91 bits per heavy atom. The van der Waals surface area contributed by atoms with Gasteiger partial charge in [0.25, 0.3) is 5.91 Å². The van der Waals surface area contributed by atoms with Crippen LogP contribution in [0.3, 0.4) is 0 Å². The molecular weight excluding hydrogens is 290 g/mol. The van der Waals surface area contributed by atoms with Crippen molar-refractivity contribution in [2.24, 2.45) is 0 Å². The van der Waals surface area contributed by atoms with Crippen LogP contribution in [0.1, 0.15) is 36.0 Å². The van der Waals surface area contributed by atoms with Crippen LogP contribution in [0, 0.1) is 0 Å². The fraction of sp³-hybridized carbons (Fsp3) is 0.471. The van der Waals surface area contributed by atoms with Crippen molar-refractivity contribution < 1.29 is 4.79 Å². The zero-order valence-corrected chi connectivity index (χ0v) is 13.3.